The Morgan fingerprint density at radius 1 is 1.30 bits per heavy atom. The summed E-state index contributed by atoms with van der Waals surface area (Å²) < 4.78 is 32.6. The van der Waals surface area contributed by atoms with Gasteiger partial charge in [-0.2, -0.15) is 0 Å². The molecule has 0 atom stereocenters. The molecule has 0 saturated heterocycles. The number of rotatable bonds is 6. The fourth-order valence-corrected chi connectivity index (χ4v) is 4.37. The zero-order chi connectivity index (χ0) is 14.9. The molecule has 114 valence electrons. The molecule has 0 spiro atoms. The number of sulfonamides is 1. The molecule has 0 unspecified atom stereocenters. The molecule has 0 bridgehead atoms. The predicted molar refractivity (Wildman–Crippen MR) is 78.1 cm³/mol. The minimum Gasteiger partial charge on any atom is -0.465 e. The van der Waals surface area contributed by atoms with Gasteiger partial charge in [-0.1, -0.05) is 6.42 Å². The van der Waals surface area contributed by atoms with E-state index >= 15 is 0 Å². The van der Waals surface area contributed by atoms with E-state index in [1.54, 1.807) is 21.0 Å². The first-order chi connectivity index (χ1) is 9.37. The molecule has 1 heterocycles. The third kappa shape index (κ3) is 2.77. The Balaban J connectivity index is 2.32. The molecule has 2 rings (SSSR count). The van der Waals surface area contributed by atoms with Crippen LogP contribution in [0.15, 0.2) is 9.31 Å². The Bertz CT molecular complexity index is 573. The summed E-state index contributed by atoms with van der Waals surface area (Å²) in [6.07, 6.45) is 3.48. The van der Waals surface area contributed by atoms with E-state index in [9.17, 15) is 8.42 Å². The predicted octanol–water partition coefficient (Wildman–Crippen LogP) is 2.04. The summed E-state index contributed by atoms with van der Waals surface area (Å²) in [6.45, 7) is 4.63. The molecule has 1 saturated carbocycles. The molecule has 0 radical (unpaired) electrons. The highest BCUT2D eigenvalue weighted by Crippen LogP contribution is 2.32. The Labute approximate surface area is 121 Å². The standard InChI is InChI=1S/C14H24N2O3S/c1-10-13(8-15-3)14(11(2)19-10)20(17,18)16(4)9-12-6-5-7-12/h12,15H,5-9H2,1-4H3. The lowest BCUT2D eigenvalue weighted by Gasteiger charge is -2.29. The van der Waals surface area contributed by atoms with Crippen LogP contribution in [-0.2, 0) is 16.6 Å². The summed E-state index contributed by atoms with van der Waals surface area (Å²) >= 11 is 0. The minimum atomic E-state index is -3.47. The first-order valence-corrected chi connectivity index (χ1v) is 8.51. The SMILES string of the molecule is CNCc1c(C)oc(C)c1S(=O)(=O)N(C)CC1CCC1. The summed E-state index contributed by atoms with van der Waals surface area (Å²) in [4.78, 5) is 0.339. The Morgan fingerprint density at radius 3 is 2.45 bits per heavy atom. The van der Waals surface area contributed by atoms with Crippen LogP contribution in [0.1, 0.15) is 36.3 Å². The fraction of sp³-hybridized carbons (Fsp3) is 0.714. The highest BCUT2D eigenvalue weighted by atomic mass is 32.2. The second-order valence-corrected chi connectivity index (χ2v) is 7.62. The van der Waals surface area contributed by atoms with E-state index in [0.717, 1.165) is 18.4 Å². The quantitative estimate of drug-likeness (QED) is 0.873. The van der Waals surface area contributed by atoms with Gasteiger partial charge < -0.3 is 9.73 Å². The molecule has 1 aromatic heterocycles. The topological polar surface area (TPSA) is 62.6 Å². The van der Waals surface area contributed by atoms with Gasteiger partial charge in [-0.05, 0) is 39.7 Å². The van der Waals surface area contributed by atoms with Gasteiger partial charge in [0.1, 0.15) is 16.4 Å². The molecule has 5 nitrogen and oxygen atoms in total. The largest absolute Gasteiger partial charge is 0.465 e. The molecule has 6 heteroatoms. The Morgan fingerprint density at radius 2 is 1.95 bits per heavy atom. The van der Waals surface area contributed by atoms with Gasteiger partial charge in [-0.25, -0.2) is 12.7 Å². The molecule has 1 aliphatic rings. The van der Waals surface area contributed by atoms with Crippen molar-refractivity contribution in [2.24, 2.45) is 5.92 Å². The van der Waals surface area contributed by atoms with Crippen molar-refractivity contribution in [3.05, 3.63) is 17.1 Å². The van der Waals surface area contributed by atoms with Crippen molar-refractivity contribution in [1.82, 2.24) is 9.62 Å². The highest BCUT2D eigenvalue weighted by Gasteiger charge is 2.32. The first kappa shape index (κ1) is 15.5. The van der Waals surface area contributed by atoms with Gasteiger partial charge in [0.15, 0.2) is 0 Å². The summed E-state index contributed by atoms with van der Waals surface area (Å²) in [7, 11) is -0.00626. The number of nitrogens with one attached hydrogen (secondary N) is 1. The molecule has 0 amide bonds. The maximum atomic E-state index is 12.8. The van der Waals surface area contributed by atoms with Gasteiger partial charge in [0.2, 0.25) is 10.0 Å². The lowest BCUT2D eigenvalue weighted by Crippen LogP contribution is -2.35. The Kier molecular flexibility index (Phi) is 4.56. The van der Waals surface area contributed by atoms with E-state index in [-0.39, 0.29) is 0 Å². The number of furan rings is 1. The maximum absolute atomic E-state index is 12.8. The van der Waals surface area contributed by atoms with Crippen LogP contribution < -0.4 is 5.32 Å². The number of hydrogen-bond donors (Lipinski definition) is 1. The molecule has 0 aromatic carbocycles. The fourth-order valence-electron chi connectivity index (χ4n) is 2.72. The molecule has 20 heavy (non-hydrogen) atoms. The summed E-state index contributed by atoms with van der Waals surface area (Å²) in [6, 6.07) is 0. The van der Waals surface area contributed by atoms with Crippen LogP contribution in [0.2, 0.25) is 0 Å². The molecule has 1 fully saturated rings. The van der Waals surface area contributed by atoms with Gasteiger partial charge >= 0.3 is 0 Å². The van der Waals surface area contributed by atoms with E-state index in [4.69, 9.17) is 4.42 Å². The van der Waals surface area contributed by atoms with E-state index < -0.39 is 10.0 Å². The summed E-state index contributed by atoms with van der Waals surface area (Å²) in [5, 5.41) is 3.01. The molecule has 1 aromatic rings. The number of nitrogens with zero attached hydrogens (tertiary/aromatic N) is 1. The first-order valence-electron chi connectivity index (χ1n) is 7.07. The zero-order valence-corrected chi connectivity index (χ0v) is 13.5. The summed E-state index contributed by atoms with van der Waals surface area (Å²) in [5.41, 5.74) is 0.741. The van der Waals surface area contributed by atoms with E-state index in [1.165, 1.54) is 10.7 Å². The highest BCUT2D eigenvalue weighted by molar-refractivity contribution is 7.89. The summed E-state index contributed by atoms with van der Waals surface area (Å²) in [5.74, 6) is 1.66. The molecule has 1 N–H and O–H groups in total. The van der Waals surface area contributed by atoms with Crippen molar-refractivity contribution in [1.29, 1.82) is 0 Å². The smallest absolute Gasteiger partial charge is 0.246 e. The third-order valence-electron chi connectivity index (χ3n) is 4.09. The van der Waals surface area contributed by atoms with Crippen LogP contribution in [-0.4, -0.2) is 33.4 Å². The lowest BCUT2D eigenvalue weighted by atomic mass is 9.86. The van der Waals surface area contributed by atoms with Crippen molar-refractivity contribution in [2.75, 3.05) is 20.6 Å². The van der Waals surface area contributed by atoms with Crippen LogP contribution in [0.4, 0.5) is 0 Å². The van der Waals surface area contributed by atoms with Crippen molar-refractivity contribution < 1.29 is 12.8 Å². The van der Waals surface area contributed by atoms with Crippen LogP contribution in [0.3, 0.4) is 0 Å². The van der Waals surface area contributed by atoms with Gasteiger partial charge in [-0.3, -0.25) is 0 Å². The molecular formula is C14H24N2O3S. The van der Waals surface area contributed by atoms with Crippen LogP contribution >= 0.6 is 0 Å². The maximum Gasteiger partial charge on any atom is 0.246 e. The lowest BCUT2D eigenvalue weighted by molar-refractivity contribution is 0.262. The number of hydrogen-bond acceptors (Lipinski definition) is 4. The van der Waals surface area contributed by atoms with Crippen LogP contribution in [0.5, 0.6) is 0 Å². The van der Waals surface area contributed by atoms with E-state index in [0.29, 0.717) is 35.4 Å². The third-order valence-corrected chi connectivity index (χ3v) is 6.11. The van der Waals surface area contributed by atoms with Gasteiger partial charge in [0.05, 0.1) is 0 Å². The normalized spacial score (nSPS) is 16.6. The van der Waals surface area contributed by atoms with E-state index in [1.807, 2.05) is 6.92 Å². The monoisotopic (exact) mass is 300 g/mol. The minimum absolute atomic E-state index is 0.339. The zero-order valence-electron chi connectivity index (χ0n) is 12.7. The van der Waals surface area contributed by atoms with Gasteiger partial charge in [-0.15, -0.1) is 0 Å². The number of aryl methyl sites for hydroxylation is 2. The van der Waals surface area contributed by atoms with Gasteiger partial charge in [0.25, 0.3) is 0 Å². The average molecular weight is 300 g/mol. The molecular weight excluding hydrogens is 276 g/mol. The van der Waals surface area contributed by atoms with Gasteiger partial charge in [0, 0.05) is 25.7 Å². The van der Waals surface area contributed by atoms with Crippen molar-refractivity contribution in [3.8, 4) is 0 Å². The second-order valence-electron chi connectivity index (χ2n) is 5.63. The Hall–Kier alpha value is -0.850. The van der Waals surface area contributed by atoms with Crippen LogP contribution in [0.25, 0.3) is 0 Å². The average Bonchev–Trinajstić information content (AvgIpc) is 2.59. The van der Waals surface area contributed by atoms with Crippen LogP contribution in [0, 0.1) is 19.8 Å². The molecule has 1 aliphatic carbocycles. The van der Waals surface area contributed by atoms with Crippen molar-refractivity contribution in [3.63, 3.8) is 0 Å². The second kappa shape index (κ2) is 5.87. The molecule has 0 aliphatic heterocycles. The van der Waals surface area contributed by atoms with Crippen molar-refractivity contribution >= 4 is 10.0 Å². The van der Waals surface area contributed by atoms with E-state index in [2.05, 4.69) is 5.32 Å². The van der Waals surface area contributed by atoms with Crippen molar-refractivity contribution in [2.45, 2.75) is 44.6 Å².